The fourth-order valence-corrected chi connectivity index (χ4v) is 1.86. The Morgan fingerprint density at radius 1 is 1.00 bits per heavy atom. The summed E-state index contributed by atoms with van der Waals surface area (Å²) in [6, 6.07) is 15.7. The monoisotopic (exact) mass is 254 g/mol. The fraction of sp³-hybridized carbons (Fsp3) is 0.125. The molecule has 2 aromatic rings. The van der Waals surface area contributed by atoms with Gasteiger partial charge >= 0.3 is 0 Å². The summed E-state index contributed by atoms with van der Waals surface area (Å²) in [6.45, 7) is 0.807. The minimum Gasteiger partial charge on any atom is -0.489 e. The summed E-state index contributed by atoms with van der Waals surface area (Å²) in [4.78, 5) is 0. The lowest BCUT2D eigenvalue weighted by Gasteiger charge is -2.04. The fourth-order valence-electron chi connectivity index (χ4n) is 1.86. The van der Waals surface area contributed by atoms with Crippen molar-refractivity contribution in [2.75, 3.05) is 13.4 Å². The Morgan fingerprint density at radius 2 is 1.84 bits per heavy atom. The van der Waals surface area contributed by atoms with E-state index in [1.807, 2.05) is 48.6 Å². The molecule has 0 saturated heterocycles. The number of benzene rings is 2. The summed E-state index contributed by atoms with van der Waals surface area (Å²) in [5, 5.41) is 0. The lowest BCUT2D eigenvalue weighted by atomic mass is 10.2. The van der Waals surface area contributed by atoms with Gasteiger partial charge in [0.1, 0.15) is 12.4 Å². The van der Waals surface area contributed by atoms with Crippen molar-refractivity contribution in [3.8, 4) is 17.2 Å². The summed E-state index contributed by atoms with van der Waals surface area (Å²) in [5.74, 6) is 2.29. The third-order valence-electron chi connectivity index (χ3n) is 2.80. The van der Waals surface area contributed by atoms with Crippen LogP contribution in [0, 0.1) is 0 Å². The van der Waals surface area contributed by atoms with Crippen molar-refractivity contribution in [1.82, 2.24) is 0 Å². The Hall–Kier alpha value is -2.42. The molecule has 1 heterocycles. The molecule has 0 N–H and O–H groups in total. The van der Waals surface area contributed by atoms with Crippen LogP contribution in [-0.4, -0.2) is 13.4 Å². The van der Waals surface area contributed by atoms with E-state index in [2.05, 4.69) is 12.1 Å². The minimum atomic E-state index is 0.284. The third-order valence-corrected chi connectivity index (χ3v) is 2.80. The molecule has 0 spiro atoms. The molecule has 19 heavy (non-hydrogen) atoms. The molecule has 0 amide bonds. The molecule has 0 bridgehead atoms. The van der Waals surface area contributed by atoms with E-state index in [0.29, 0.717) is 6.61 Å². The van der Waals surface area contributed by atoms with Crippen molar-refractivity contribution < 1.29 is 14.2 Å². The zero-order valence-corrected chi connectivity index (χ0v) is 10.4. The van der Waals surface area contributed by atoms with E-state index >= 15 is 0 Å². The van der Waals surface area contributed by atoms with Gasteiger partial charge in [-0.25, -0.2) is 0 Å². The molecular formula is C16H14O3. The Bertz CT molecular complexity index is 576. The molecular weight excluding hydrogens is 240 g/mol. The van der Waals surface area contributed by atoms with Gasteiger partial charge in [-0.05, 0) is 23.8 Å². The topological polar surface area (TPSA) is 27.7 Å². The Balaban J connectivity index is 1.57. The van der Waals surface area contributed by atoms with Gasteiger partial charge in [-0.1, -0.05) is 36.4 Å². The first-order chi connectivity index (χ1) is 9.42. The van der Waals surface area contributed by atoms with Crippen molar-refractivity contribution in [2.45, 2.75) is 0 Å². The van der Waals surface area contributed by atoms with Crippen LogP contribution in [0.5, 0.6) is 17.2 Å². The molecule has 0 unspecified atom stereocenters. The number of fused-ring (bicyclic) bond motifs is 1. The Labute approximate surface area is 112 Å². The highest BCUT2D eigenvalue weighted by molar-refractivity contribution is 5.49. The van der Waals surface area contributed by atoms with Crippen molar-refractivity contribution in [1.29, 1.82) is 0 Å². The first kappa shape index (κ1) is 11.7. The molecule has 0 radical (unpaired) electrons. The van der Waals surface area contributed by atoms with Crippen LogP contribution in [-0.2, 0) is 0 Å². The number of hydrogen-bond acceptors (Lipinski definition) is 3. The molecule has 1 aliphatic rings. The predicted octanol–water partition coefficient (Wildman–Crippen LogP) is 3.51. The van der Waals surface area contributed by atoms with Gasteiger partial charge in [0.05, 0.1) is 0 Å². The average molecular weight is 254 g/mol. The van der Waals surface area contributed by atoms with E-state index < -0.39 is 0 Å². The lowest BCUT2D eigenvalue weighted by molar-refractivity contribution is 0.174. The zero-order chi connectivity index (χ0) is 12.9. The number of hydrogen-bond donors (Lipinski definition) is 0. The highest BCUT2D eigenvalue weighted by Gasteiger charge is 2.13. The van der Waals surface area contributed by atoms with Crippen LogP contribution in [0.4, 0.5) is 0 Å². The Morgan fingerprint density at radius 3 is 2.74 bits per heavy atom. The lowest BCUT2D eigenvalue weighted by Crippen LogP contribution is -1.93. The third kappa shape index (κ3) is 2.88. The molecule has 0 saturated carbocycles. The standard InChI is InChI=1S/C16H14O3/c1-2-5-13(6-3-1)7-4-10-17-14-8-9-15-16(11-14)19-12-18-15/h1-9,11H,10,12H2. The molecule has 96 valence electrons. The van der Waals surface area contributed by atoms with Gasteiger partial charge in [-0.3, -0.25) is 0 Å². The quantitative estimate of drug-likeness (QED) is 0.835. The molecule has 0 aliphatic carbocycles. The SMILES string of the molecule is C(=Cc1ccccc1)COc1ccc2c(c1)OCO2. The molecule has 1 aliphatic heterocycles. The second kappa shape index (κ2) is 5.48. The van der Waals surface area contributed by atoms with Gasteiger partial charge in [0.15, 0.2) is 11.5 Å². The van der Waals surface area contributed by atoms with Crippen LogP contribution in [0.1, 0.15) is 5.56 Å². The highest BCUT2D eigenvalue weighted by atomic mass is 16.7. The number of rotatable bonds is 4. The molecule has 0 fully saturated rings. The summed E-state index contributed by atoms with van der Waals surface area (Å²) in [7, 11) is 0. The number of ether oxygens (including phenoxy) is 3. The van der Waals surface area contributed by atoms with Gasteiger partial charge in [0, 0.05) is 6.07 Å². The smallest absolute Gasteiger partial charge is 0.231 e. The summed E-state index contributed by atoms with van der Waals surface area (Å²) >= 11 is 0. The highest BCUT2D eigenvalue weighted by Crippen LogP contribution is 2.34. The van der Waals surface area contributed by atoms with Gasteiger partial charge in [0.25, 0.3) is 0 Å². The Kier molecular flexibility index (Phi) is 3.36. The molecule has 2 aromatic carbocycles. The average Bonchev–Trinajstić information content (AvgIpc) is 2.92. The molecule has 3 heteroatoms. The van der Waals surface area contributed by atoms with E-state index in [0.717, 1.165) is 22.8 Å². The molecule has 3 rings (SSSR count). The second-order valence-electron chi connectivity index (χ2n) is 4.14. The van der Waals surface area contributed by atoms with E-state index in [1.54, 1.807) is 0 Å². The summed E-state index contributed by atoms with van der Waals surface area (Å²) in [6.07, 6.45) is 4.02. The zero-order valence-electron chi connectivity index (χ0n) is 10.4. The summed E-state index contributed by atoms with van der Waals surface area (Å²) < 4.78 is 16.2. The van der Waals surface area contributed by atoms with E-state index in [1.165, 1.54) is 0 Å². The van der Waals surface area contributed by atoms with E-state index in [4.69, 9.17) is 14.2 Å². The van der Waals surface area contributed by atoms with Gasteiger partial charge < -0.3 is 14.2 Å². The van der Waals surface area contributed by atoms with Crippen molar-refractivity contribution >= 4 is 6.08 Å². The maximum atomic E-state index is 5.63. The molecule has 3 nitrogen and oxygen atoms in total. The van der Waals surface area contributed by atoms with Gasteiger partial charge in [-0.2, -0.15) is 0 Å². The van der Waals surface area contributed by atoms with Crippen LogP contribution in [0.25, 0.3) is 6.08 Å². The molecule has 0 aromatic heterocycles. The van der Waals surface area contributed by atoms with Gasteiger partial charge in [-0.15, -0.1) is 0 Å². The van der Waals surface area contributed by atoms with Crippen LogP contribution in [0.3, 0.4) is 0 Å². The van der Waals surface area contributed by atoms with E-state index in [9.17, 15) is 0 Å². The van der Waals surface area contributed by atoms with Gasteiger partial charge in [0.2, 0.25) is 6.79 Å². The van der Waals surface area contributed by atoms with Crippen LogP contribution < -0.4 is 14.2 Å². The second-order valence-corrected chi connectivity index (χ2v) is 4.14. The van der Waals surface area contributed by atoms with Crippen LogP contribution in [0.15, 0.2) is 54.6 Å². The maximum absolute atomic E-state index is 5.63. The van der Waals surface area contributed by atoms with Crippen molar-refractivity contribution in [3.63, 3.8) is 0 Å². The normalized spacial score (nSPS) is 12.8. The predicted molar refractivity (Wildman–Crippen MR) is 73.5 cm³/mol. The van der Waals surface area contributed by atoms with Crippen LogP contribution in [0.2, 0.25) is 0 Å². The van der Waals surface area contributed by atoms with Crippen LogP contribution >= 0.6 is 0 Å². The van der Waals surface area contributed by atoms with Crippen molar-refractivity contribution in [2.24, 2.45) is 0 Å². The van der Waals surface area contributed by atoms with Crippen molar-refractivity contribution in [3.05, 3.63) is 60.2 Å². The minimum absolute atomic E-state index is 0.284. The maximum Gasteiger partial charge on any atom is 0.231 e. The largest absolute Gasteiger partial charge is 0.489 e. The summed E-state index contributed by atoms with van der Waals surface area (Å²) in [5.41, 5.74) is 1.16. The first-order valence-corrected chi connectivity index (χ1v) is 6.16. The first-order valence-electron chi connectivity index (χ1n) is 6.16. The molecule has 0 atom stereocenters. The van der Waals surface area contributed by atoms with E-state index in [-0.39, 0.29) is 6.79 Å².